The number of amides is 2. The molecular weight excluding hydrogens is 272 g/mol. The lowest BCUT2D eigenvalue weighted by atomic mass is 9.95. The molecule has 1 aliphatic rings. The lowest BCUT2D eigenvalue weighted by Crippen LogP contribution is -2.64. The van der Waals surface area contributed by atoms with E-state index in [-0.39, 0.29) is 29.8 Å². The Balaban J connectivity index is 2.24. The van der Waals surface area contributed by atoms with Crippen LogP contribution >= 0.6 is 11.3 Å². The van der Waals surface area contributed by atoms with Crippen LogP contribution in [0.2, 0.25) is 0 Å². The van der Waals surface area contributed by atoms with Gasteiger partial charge in [0.15, 0.2) is 0 Å². The molecule has 20 heavy (non-hydrogen) atoms. The van der Waals surface area contributed by atoms with E-state index in [4.69, 9.17) is 0 Å². The van der Waals surface area contributed by atoms with Crippen LogP contribution in [0.1, 0.15) is 39.2 Å². The summed E-state index contributed by atoms with van der Waals surface area (Å²) in [6, 6.07) is 1.29. The summed E-state index contributed by atoms with van der Waals surface area (Å²) in [6.45, 7) is 6.52. The van der Waals surface area contributed by atoms with Crippen LogP contribution in [-0.4, -0.2) is 28.8 Å². The lowest BCUT2D eigenvalue weighted by molar-refractivity contribution is -0.152. The fourth-order valence-corrected chi connectivity index (χ4v) is 3.36. The van der Waals surface area contributed by atoms with Crippen LogP contribution in [0.15, 0.2) is 16.8 Å². The minimum atomic E-state index is -0.365. The van der Waals surface area contributed by atoms with Crippen molar-refractivity contribution in [1.82, 2.24) is 10.2 Å². The van der Waals surface area contributed by atoms with Gasteiger partial charge in [-0.15, -0.1) is 0 Å². The third-order valence-electron chi connectivity index (χ3n) is 3.64. The van der Waals surface area contributed by atoms with Crippen LogP contribution in [0.25, 0.3) is 0 Å². The Labute approximate surface area is 124 Å². The molecule has 1 aliphatic heterocycles. The van der Waals surface area contributed by atoms with E-state index in [0.29, 0.717) is 13.0 Å². The topological polar surface area (TPSA) is 49.4 Å². The summed E-state index contributed by atoms with van der Waals surface area (Å²) in [7, 11) is 0. The smallest absolute Gasteiger partial charge is 0.246 e. The molecule has 2 heterocycles. The van der Waals surface area contributed by atoms with Gasteiger partial charge in [0.1, 0.15) is 12.1 Å². The summed E-state index contributed by atoms with van der Waals surface area (Å²) in [4.78, 5) is 26.7. The number of nitrogens with zero attached hydrogens (tertiary/aromatic N) is 1. The quantitative estimate of drug-likeness (QED) is 0.906. The van der Waals surface area contributed by atoms with Crippen molar-refractivity contribution in [3.63, 3.8) is 0 Å². The molecule has 1 saturated heterocycles. The fraction of sp³-hybridized carbons (Fsp3) is 0.600. The fourth-order valence-electron chi connectivity index (χ4n) is 2.70. The second-order valence-electron chi connectivity index (χ2n) is 5.64. The van der Waals surface area contributed by atoms with Gasteiger partial charge in [-0.1, -0.05) is 27.2 Å². The average Bonchev–Trinajstić information content (AvgIpc) is 2.88. The average molecular weight is 294 g/mol. The molecule has 4 nitrogen and oxygen atoms in total. The molecule has 0 bridgehead atoms. The Kier molecular flexibility index (Phi) is 4.81. The summed E-state index contributed by atoms with van der Waals surface area (Å²) >= 11 is 1.61. The minimum absolute atomic E-state index is 0.0201. The van der Waals surface area contributed by atoms with Gasteiger partial charge in [0.25, 0.3) is 0 Å². The van der Waals surface area contributed by atoms with Gasteiger partial charge in [0.2, 0.25) is 11.8 Å². The first-order valence-corrected chi connectivity index (χ1v) is 8.10. The van der Waals surface area contributed by atoms with E-state index in [1.54, 1.807) is 16.2 Å². The second kappa shape index (κ2) is 6.39. The highest BCUT2D eigenvalue weighted by Crippen LogP contribution is 2.22. The molecule has 0 saturated carbocycles. The summed E-state index contributed by atoms with van der Waals surface area (Å²) in [5, 5.41) is 6.91. The number of piperazine rings is 1. The van der Waals surface area contributed by atoms with Crippen LogP contribution in [0.4, 0.5) is 0 Å². The third kappa shape index (κ3) is 3.03. The van der Waals surface area contributed by atoms with Crippen LogP contribution in [0, 0.1) is 5.92 Å². The minimum Gasteiger partial charge on any atom is -0.342 e. The van der Waals surface area contributed by atoms with Crippen molar-refractivity contribution in [3.8, 4) is 0 Å². The van der Waals surface area contributed by atoms with Crippen molar-refractivity contribution in [3.05, 3.63) is 22.4 Å². The van der Waals surface area contributed by atoms with Crippen LogP contribution in [0.3, 0.4) is 0 Å². The van der Waals surface area contributed by atoms with E-state index in [1.165, 1.54) is 0 Å². The summed E-state index contributed by atoms with van der Waals surface area (Å²) in [5.41, 5.74) is 1.10. The van der Waals surface area contributed by atoms with Crippen molar-refractivity contribution >= 4 is 23.2 Å². The third-order valence-corrected chi connectivity index (χ3v) is 4.38. The zero-order valence-electron chi connectivity index (χ0n) is 12.3. The molecule has 2 amide bonds. The van der Waals surface area contributed by atoms with Gasteiger partial charge < -0.3 is 10.2 Å². The highest BCUT2D eigenvalue weighted by atomic mass is 32.1. The second-order valence-corrected chi connectivity index (χ2v) is 6.42. The molecule has 1 N–H and O–H groups in total. The molecule has 0 aliphatic carbocycles. The maximum absolute atomic E-state index is 12.6. The zero-order valence-corrected chi connectivity index (χ0v) is 13.1. The molecule has 5 heteroatoms. The van der Waals surface area contributed by atoms with Crippen LogP contribution < -0.4 is 5.32 Å². The summed E-state index contributed by atoms with van der Waals surface area (Å²) < 4.78 is 0. The van der Waals surface area contributed by atoms with Crippen molar-refractivity contribution in [2.24, 2.45) is 5.92 Å². The normalized spacial score (nSPS) is 23.3. The Bertz CT molecular complexity index is 470. The monoisotopic (exact) mass is 294 g/mol. The molecule has 0 spiro atoms. The highest BCUT2D eigenvalue weighted by molar-refractivity contribution is 7.07. The summed E-state index contributed by atoms with van der Waals surface area (Å²) in [6.07, 6.45) is 1.59. The molecule has 1 aromatic heterocycles. The number of thiophene rings is 1. The van der Waals surface area contributed by atoms with Crippen molar-refractivity contribution in [2.45, 2.75) is 52.2 Å². The Morgan fingerprint density at radius 2 is 2.15 bits per heavy atom. The molecule has 0 aromatic carbocycles. The van der Waals surface area contributed by atoms with E-state index in [1.807, 2.05) is 37.6 Å². The largest absolute Gasteiger partial charge is 0.342 e. The van der Waals surface area contributed by atoms with Crippen molar-refractivity contribution in [2.75, 3.05) is 0 Å². The van der Waals surface area contributed by atoms with E-state index < -0.39 is 0 Å². The van der Waals surface area contributed by atoms with Gasteiger partial charge in [-0.2, -0.15) is 11.3 Å². The SMILES string of the molecule is CCCC1NC(=O)C(C(C)C)N(Cc2ccsc2)C1=O. The number of carbonyl (C=O) groups is 2. The van der Waals surface area contributed by atoms with E-state index in [0.717, 1.165) is 12.0 Å². The number of rotatable bonds is 5. The number of hydrogen-bond donors (Lipinski definition) is 1. The maximum atomic E-state index is 12.6. The van der Waals surface area contributed by atoms with Gasteiger partial charge in [0.05, 0.1) is 0 Å². The van der Waals surface area contributed by atoms with Crippen LogP contribution in [-0.2, 0) is 16.1 Å². The van der Waals surface area contributed by atoms with Crippen molar-refractivity contribution in [1.29, 1.82) is 0 Å². The van der Waals surface area contributed by atoms with E-state index >= 15 is 0 Å². The van der Waals surface area contributed by atoms with Gasteiger partial charge in [-0.25, -0.2) is 0 Å². The van der Waals surface area contributed by atoms with Crippen molar-refractivity contribution < 1.29 is 9.59 Å². The molecule has 110 valence electrons. The van der Waals surface area contributed by atoms with Gasteiger partial charge >= 0.3 is 0 Å². The van der Waals surface area contributed by atoms with Gasteiger partial charge in [0, 0.05) is 6.54 Å². The lowest BCUT2D eigenvalue weighted by Gasteiger charge is -2.40. The first kappa shape index (κ1) is 15.0. The van der Waals surface area contributed by atoms with E-state index in [9.17, 15) is 9.59 Å². The molecule has 2 unspecified atom stereocenters. The number of hydrogen-bond acceptors (Lipinski definition) is 3. The molecule has 1 fully saturated rings. The molecular formula is C15H22N2O2S. The Morgan fingerprint density at radius 3 is 2.70 bits per heavy atom. The molecule has 2 rings (SSSR count). The van der Waals surface area contributed by atoms with Gasteiger partial charge in [-0.05, 0) is 34.7 Å². The van der Waals surface area contributed by atoms with Gasteiger partial charge in [-0.3, -0.25) is 9.59 Å². The van der Waals surface area contributed by atoms with Crippen LogP contribution in [0.5, 0.6) is 0 Å². The molecule has 2 atom stereocenters. The molecule has 0 radical (unpaired) electrons. The predicted molar refractivity (Wildman–Crippen MR) is 80.3 cm³/mol. The summed E-state index contributed by atoms with van der Waals surface area (Å²) in [5.74, 6) is 0.143. The first-order chi connectivity index (χ1) is 9.54. The highest BCUT2D eigenvalue weighted by Gasteiger charge is 2.41. The molecule has 1 aromatic rings. The first-order valence-electron chi connectivity index (χ1n) is 7.16. The predicted octanol–water partition coefficient (Wildman–Crippen LogP) is 2.40. The Hall–Kier alpha value is -1.36. The van der Waals surface area contributed by atoms with E-state index in [2.05, 4.69) is 5.32 Å². The Morgan fingerprint density at radius 1 is 1.40 bits per heavy atom. The maximum Gasteiger partial charge on any atom is 0.246 e. The number of nitrogens with one attached hydrogen (secondary N) is 1. The zero-order chi connectivity index (χ0) is 14.7. The number of carbonyl (C=O) groups excluding carboxylic acids is 2. The standard InChI is InChI=1S/C15H22N2O2S/c1-4-5-12-15(19)17(8-11-6-7-20-9-11)13(10(2)3)14(18)16-12/h6-7,9-10,12-13H,4-5,8H2,1-3H3,(H,16,18).